The van der Waals surface area contributed by atoms with Crippen LogP contribution < -0.4 is 5.32 Å². The van der Waals surface area contributed by atoms with Gasteiger partial charge in [0.1, 0.15) is 11.6 Å². The first kappa shape index (κ1) is 14.1. The van der Waals surface area contributed by atoms with Crippen molar-refractivity contribution in [1.29, 1.82) is 0 Å². The summed E-state index contributed by atoms with van der Waals surface area (Å²) >= 11 is 5.82. The van der Waals surface area contributed by atoms with Crippen LogP contribution in [-0.4, -0.2) is 6.54 Å². The number of rotatable bonds is 5. The average Bonchev–Trinajstić information content (AvgIpc) is 2.80. The van der Waals surface area contributed by atoms with Crippen molar-refractivity contribution in [2.45, 2.75) is 26.3 Å². The van der Waals surface area contributed by atoms with E-state index in [1.54, 1.807) is 24.5 Å². The summed E-state index contributed by atoms with van der Waals surface area (Å²) in [5.41, 5.74) is 1.67. The van der Waals surface area contributed by atoms with Crippen LogP contribution in [0.1, 0.15) is 29.9 Å². The zero-order valence-corrected chi connectivity index (χ0v) is 11.8. The lowest BCUT2D eigenvalue weighted by molar-refractivity contribution is 0.495. The molecule has 0 aliphatic rings. The molecule has 1 N–H and O–H groups in total. The van der Waals surface area contributed by atoms with E-state index in [2.05, 4.69) is 5.32 Å². The highest BCUT2D eigenvalue weighted by Crippen LogP contribution is 2.26. The van der Waals surface area contributed by atoms with Gasteiger partial charge in [-0.1, -0.05) is 30.7 Å². The molecule has 0 saturated heterocycles. The van der Waals surface area contributed by atoms with E-state index in [0.29, 0.717) is 12.0 Å². The molecule has 1 unspecified atom stereocenters. The molecule has 0 saturated carbocycles. The lowest BCUT2D eigenvalue weighted by atomic mass is 9.99. The van der Waals surface area contributed by atoms with Crippen molar-refractivity contribution in [2.75, 3.05) is 6.54 Å². The SMILES string of the molecule is CCNC(Cc1cccc(Cl)c1F)c1ccoc1C. The number of benzene rings is 1. The van der Waals surface area contributed by atoms with Crippen molar-refractivity contribution in [2.24, 2.45) is 0 Å². The van der Waals surface area contributed by atoms with E-state index < -0.39 is 0 Å². The third-order valence-corrected chi connectivity index (χ3v) is 3.47. The van der Waals surface area contributed by atoms with Gasteiger partial charge in [0, 0.05) is 11.6 Å². The number of likely N-dealkylation sites (N-methyl/N-ethyl adjacent to an activating group) is 1. The monoisotopic (exact) mass is 281 g/mol. The number of nitrogens with one attached hydrogen (secondary N) is 1. The second-order valence-electron chi connectivity index (χ2n) is 4.46. The molecule has 0 bridgehead atoms. The third-order valence-electron chi connectivity index (χ3n) is 3.18. The van der Waals surface area contributed by atoms with Gasteiger partial charge in [-0.05, 0) is 37.6 Å². The number of halogens is 2. The first-order valence-electron chi connectivity index (χ1n) is 6.33. The Balaban J connectivity index is 2.27. The molecule has 2 nitrogen and oxygen atoms in total. The molecule has 1 aromatic carbocycles. The highest BCUT2D eigenvalue weighted by Gasteiger charge is 2.18. The van der Waals surface area contributed by atoms with Crippen molar-refractivity contribution < 1.29 is 8.81 Å². The smallest absolute Gasteiger partial charge is 0.145 e. The Morgan fingerprint density at radius 1 is 1.37 bits per heavy atom. The molecule has 0 aliphatic heterocycles. The van der Waals surface area contributed by atoms with E-state index in [1.165, 1.54) is 0 Å². The summed E-state index contributed by atoms with van der Waals surface area (Å²) < 4.78 is 19.3. The molecule has 0 aliphatic carbocycles. The summed E-state index contributed by atoms with van der Waals surface area (Å²) in [6.45, 7) is 4.74. The van der Waals surface area contributed by atoms with Crippen LogP contribution in [0, 0.1) is 12.7 Å². The number of aryl methyl sites for hydroxylation is 1. The first-order valence-corrected chi connectivity index (χ1v) is 6.71. The number of hydrogen-bond donors (Lipinski definition) is 1. The zero-order chi connectivity index (χ0) is 13.8. The van der Waals surface area contributed by atoms with Crippen molar-refractivity contribution in [3.63, 3.8) is 0 Å². The van der Waals surface area contributed by atoms with Crippen LogP contribution in [0.4, 0.5) is 4.39 Å². The van der Waals surface area contributed by atoms with Gasteiger partial charge in [-0.25, -0.2) is 4.39 Å². The molecule has 0 amide bonds. The van der Waals surface area contributed by atoms with E-state index in [-0.39, 0.29) is 16.9 Å². The summed E-state index contributed by atoms with van der Waals surface area (Å²) in [6.07, 6.45) is 2.20. The van der Waals surface area contributed by atoms with Gasteiger partial charge < -0.3 is 9.73 Å². The summed E-state index contributed by atoms with van der Waals surface area (Å²) in [4.78, 5) is 0. The van der Waals surface area contributed by atoms with E-state index in [4.69, 9.17) is 16.0 Å². The fraction of sp³-hybridized carbons (Fsp3) is 0.333. The van der Waals surface area contributed by atoms with Gasteiger partial charge in [-0.3, -0.25) is 0 Å². The van der Waals surface area contributed by atoms with Crippen LogP contribution in [0.3, 0.4) is 0 Å². The zero-order valence-electron chi connectivity index (χ0n) is 11.0. The Morgan fingerprint density at radius 3 is 2.79 bits per heavy atom. The molecule has 102 valence electrons. The van der Waals surface area contributed by atoms with Gasteiger partial charge in [-0.15, -0.1) is 0 Å². The normalized spacial score (nSPS) is 12.6. The maximum Gasteiger partial charge on any atom is 0.145 e. The average molecular weight is 282 g/mol. The molecular weight excluding hydrogens is 265 g/mol. The quantitative estimate of drug-likeness (QED) is 0.885. The van der Waals surface area contributed by atoms with E-state index in [1.807, 2.05) is 19.9 Å². The molecule has 1 aromatic heterocycles. The lowest BCUT2D eigenvalue weighted by Crippen LogP contribution is -2.23. The lowest BCUT2D eigenvalue weighted by Gasteiger charge is -2.18. The van der Waals surface area contributed by atoms with Crippen LogP contribution in [0.15, 0.2) is 34.9 Å². The molecule has 0 radical (unpaired) electrons. The van der Waals surface area contributed by atoms with E-state index >= 15 is 0 Å². The van der Waals surface area contributed by atoms with Gasteiger partial charge in [0.2, 0.25) is 0 Å². The van der Waals surface area contributed by atoms with Crippen molar-refractivity contribution >= 4 is 11.6 Å². The first-order chi connectivity index (χ1) is 9.13. The van der Waals surface area contributed by atoms with Gasteiger partial charge in [0.25, 0.3) is 0 Å². The molecule has 1 heterocycles. The highest BCUT2D eigenvalue weighted by molar-refractivity contribution is 6.30. The fourth-order valence-electron chi connectivity index (χ4n) is 2.22. The predicted molar refractivity (Wildman–Crippen MR) is 75.0 cm³/mol. The Bertz CT molecular complexity index is 553. The minimum Gasteiger partial charge on any atom is -0.469 e. The maximum absolute atomic E-state index is 14.0. The predicted octanol–water partition coefficient (Wildman–Crippen LogP) is 4.27. The van der Waals surface area contributed by atoms with Crippen molar-refractivity contribution in [3.05, 3.63) is 58.3 Å². The molecule has 0 fully saturated rings. The molecule has 0 spiro atoms. The minimum atomic E-state index is -0.340. The largest absolute Gasteiger partial charge is 0.469 e. The summed E-state index contributed by atoms with van der Waals surface area (Å²) in [5.74, 6) is 0.515. The second-order valence-corrected chi connectivity index (χ2v) is 4.87. The Hall–Kier alpha value is -1.32. The Labute approximate surface area is 117 Å². The van der Waals surface area contributed by atoms with E-state index in [9.17, 15) is 4.39 Å². The van der Waals surface area contributed by atoms with Gasteiger partial charge in [-0.2, -0.15) is 0 Å². The molecule has 2 aromatic rings. The molecular formula is C15H17ClFNO. The third kappa shape index (κ3) is 3.17. The topological polar surface area (TPSA) is 25.2 Å². The Morgan fingerprint density at radius 2 is 2.16 bits per heavy atom. The second kappa shape index (κ2) is 6.22. The van der Waals surface area contributed by atoms with Crippen molar-refractivity contribution in [1.82, 2.24) is 5.32 Å². The highest BCUT2D eigenvalue weighted by atomic mass is 35.5. The van der Waals surface area contributed by atoms with Gasteiger partial charge >= 0.3 is 0 Å². The van der Waals surface area contributed by atoms with Crippen LogP contribution in [-0.2, 0) is 6.42 Å². The van der Waals surface area contributed by atoms with Crippen LogP contribution in [0.5, 0.6) is 0 Å². The Kier molecular flexibility index (Phi) is 4.61. The molecule has 4 heteroatoms. The molecule has 1 atom stereocenters. The van der Waals surface area contributed by atoms with Gasteiger partial charge in [0.05, 0.1) is 11.3 Å². The van der Waals surface area contributed by atoms with Gasteiger partial charge in [0.15, 0.2) is 0 Å². The van der Waals surface area contributed by atoms with Crippen LogP contribution >= 0.6 is 11.6 Å². The number of hydrogen-bond acceptors (Lipinski definition) is 2. The van der Waals surface area contributed by atoms with Crippen molar-refractivity contribution in [3.8, 4) is 0 Å². The maximum atomic E-state index is 14.0. The van der Waals surface area contributed by atoms with E-state index in [0.717, 1.165) is 17.9 Å². The minimum absolute atomic E-state index is 0.0247. The summed E-state index contributed by atoms with van der Waals surface area (Å²) in [6, 6.07) is 7.04. The summed E-state index contributed by atoms with van der Waals surface area (Å²) in [7, 11) is 0. The fourth-order valence-corrected chi connectivity index (χ4v) is 2.41. The molecule has 2 rings (SSSR count). The number of furan rings is 1. The standard InChI is InChI=1S/C15H17ClFNO/c1-3-18-14(12-7-8-19-10(12)2)9-11-5-4-6-13(16)15(11)17/h4-8,14,18H,3,9H2,1-2H3. The van der Waals surface area contributed by atoms with Crippen LogP contribution in [0.25, 0.3) is 0 Å². The summed E-state index contributed by atoms with van der Waals surface area (Å²) in [5, 5.41) is 3.51. The molecule has 19 heavy (non-hydrogen) atoms. The van der Waals surface area contributed by atoms with Crippen LogP contribution in [0.2, 0.25) is 5.02 Å².